The van der Waals surface area contributed by atoms with Gasteiger partial charge >= 0.3 is 6.01 Å². The molecule has 10 heteroatoms. The van der Waals surface area contributed by atoms with E-state index in [1.165, 1.54) is 31.4 Å². The van der Waals surface area contributed by atoms with Gasteiger partial charge in [-0.3, -0.25) is 9.52 Å². The van der Waals surface area contributed by atoms with E-state index < -0.39 is 15.9 Å². The summed E-state index contributed by atoms with van der Waals surface area (Å²) in [6.07, 6.45) is 3.13. The Labute approximate surface area is 196 Å². The van der Waals surface area contributed by atoms with Gasteiger partial charge < -0.3 is 14.8 Å². The second-order valence-corrected chi connectivity index (χ2v) is 8.66. The molecule has 34 heavy (non-hydrogen) atoms. The summed E-state index contributed by atoms with van der Waals surface area (Å²) in [4.78, 5) is 20.6. The minimum atomic E-state index is -3.90. The van der Waals surface area contributed by atoms with Crippen LogP contribution in [-0.2, 0) is 10.0 Å². The van der Waals surface area contributed by atoms with Crippen molar-refractivity contribution < 1.29 is 22.7 Å². The molecule has 172 valence electrons. The number of rotatable bonds is 8. The van der Waals surface area contributed by atoms with E-state index in [9.17, 15) is 13.2 Å². The summed E-state index contributed by atoms with van der Waals surface area (Å²) < 4.78 is 38.6. The van der Waals surface area contributed by atoms with Crippen LogP contribution in [0.25, 0.3) is 0 Å². The summed E-state index contributed by atoms with van der Waals surface area (Å²) in [6, 6.07) is 20.7. The molecule has 0 saturated carbocycles. The van der Waals surface area contributed by atoms with Gasteiger partial charge in [0.25, 0.3) is 15.9 Å². The van der Waals surface area contributed by atoms with Crippen molar-refractivity contribution in [2.24, 2.45) is 0 Å². The topological polar surface area (TPSA) is 120 Å². The molecule has 4 aromatic rings. The molecule has 0 aliphatic carbocycles. The van der Waals surface area contributed by atoms with Gasteiger partial charge in [-0.2, -0.15) is 0 Å². The van der Waals surface area contributed by atoms with E-state index in [1.807, 2.05) is 0 Å². The highest BCUT2D eigenvalue weighted by atomic mass is 32.2. The van der Waals surface area contributed by atoms with Crippen molar-refractivity contribution in [3.05, 3.63) is 96.8 Å². The molecule has 1 amide bonds. The second-order valence-electron chi connectivity index (χ2n) is 6.97. The maximum absolute atomic E-state index is 12.8. The molecule has 4 rings (SSSR count). The molecule has 0 spiro atoms. The zero-order chi connectivity index (χ0) is 24.0. The third kappa shape index (κ3) is 5.67. The van der Waals surface area contributed by atoms with E-state index in [4.69, 9.17) is 9.47 Å². The first-order valence-electron chi connectivity index (χ1n) is 10.1. The highest BCUT2D eigenvalue weighted by Gasteiger charge is 2.17. The molecule has 0 aliphatic rings. The Bertz CT molecular complexity index is 1380. The fourth-order valence-electron chi connectivity index (χ4n) is 2.93. The minimum Gasteiger partial charge on any atom is -0.497 e. The standard InChI is InChI=1S/C24H20N4O5S/c1-32-20-10-8-19(9-11-20)28-34(30,31)22-5-2-4-17(16-22)23(29)27-18-6-12-21(13-7-18)33-24-25-14-3-15-26-24/h2-16,28H,1H3,(H,27,29). The fourth-order valence-corrected chi connectivity index (χ4v) is 4.03. The summed E-state index contributed by atoms with van der Waals surface area (Å²) >= 11 is 0. The number of anilines is 2. The predicted octanol–water partition coefficient (Wildman–Crippen LogP) is 4.33. The van der Waals surface area contributed by atoms with Gasteiger partial charge in [-0.1, -0.05) is 6.07 Å². The van der Waals surface area contributed by atoms with Crippen molar-refractivity contribution in [3.63, 3.8) is 0 Å². The van der Waals surface area contributed by atoms with E-state index in [0.29, 0.717) is 22.9 Å². The first-order chi connectivity index (χ1) is 16.4. The van der Waals surface area contributed by atoms with Crippen LogP contribution < -0.4 is 19.5 Å². The van der Waals surface area contributed by atoms with Crippen LogP contribution in [-0.4, -0.2) is 31.4 Å². The number of ether oxygens (including phenoxy) is 2. The van der Waals surface area contributed by atoms with Crippen LogP contribution in [0.5, 0.6) is 17.5 Å². The summed E-state index contributed by atoms with van der Waals surface area (Å²) in [5.41, 5.74) is 1.07. The molecule has 0 aliphatic heterocycles. The van der Waals surface area contributed by atoms with Crippen LogP contribution in [0.2, 0.25) is 0 Å². The average Bonchev–Trinajstić information content (AvgIpc) is 2.86. The van der Waals surface area contributed by atoms with E-state index in [2.05, 4.69) is 20.0 Å². The molecule has 2 N–H and O–H groups in total. The summed E-state index contributed by atoms with van der Waals surface area (Å²) in [7, 11) is -2.37. The van der Waals surface area contributed by atoms with Crippen molar-refractivity contribution in [2.75, 3.05) is 17.1 Å². The smallest absolute Gasteiger partial charge is 0.321 e. The van der Waals surface area contributed by atoms with Gasteiger partial charge in [0, 0.05) is 29.3 Å². The number of carbonyl (C=O) groups is 1. The monoisotopic (exact) mass is 476 g/mol. The molecule has 0 fully saturated rings. The number of methoxy groups -OCH3 is 1. The first-order valence-corrected chi connectivity index (χ1v) is 11.5. The largest absolute Gasteiger partial charge is 0.497 e. The van der Waals surface area contributed by atoms with Gasteiger partial charge in [0.2, 0.25) is 0 Å². The molecule has 0 unspecified atom stereocenters. The maximum atomic E-state index is 12.8. The van der Waals surface area contributed by atoms with Crippen LogP contribution in [0, 0.1) is 0 Å². The number of aromatic nitrogens is 2. The molecule has 9 nitrogen and oxygen atoms in total. The third-order valence-electron chi connectivity index (χ3n) is 4.61. The number of nitrogens with one attached hydrogen (secondary N) is 2. The molecular weight excluding hydrogens is 456 g/mol. The molecule has 0 saturated heterocycles. The van der Waals surface area contributed by atoms with Crippen LogP contribution >= 0.6 is 0 Å². The molecule has 0 atom stereocenters. The Morgan fingerprint density at radius 3 is 2.15 bits per heavy atom. The lowest BCUT2D eigenvalue weighted by atomic mass is 10.2. The quantitative estimate of drug-likeness (QED) is 0.388. The summed E-state index contributed by atoms with van der Waals surface area (Å²) in [5.74, 6) is 0.651. The van der Waals surface area contributed by atoms with Crippen LogP contribution in [0.15, 0.2) is 96.2 Å². The number of hydrogen-bond donors (Lipinski definition) is 2. The second kappa shape index (κ2) is 10.0. The molecule has 1 heterocycles. The zero-order valence-electron chi connectivity index (χ0n) is 18.0. The van der Waals surface area contributed by atoms with Crippen LogP contribution in [0.4, 0.5) is 11.4 Å². The van der Waals surface area contributed by atoms with E-state index >= 15 is 0 Å². The number of carbonyl (C=O) groups excluding carboxylic acids is 1. The Morgan fingerprint density at radius 2 is 1.47 bits per heavy atom. The predicted molar refractivity (Wildman–Crippen MR) is 127 cm³/mol. The van der Waals surface area contributed by atoms with Crippen molar-refractivity contribution in [2.45, 2.75) is 4.90 Å². The van der Waals surface area contributed by atoms with Crippen molar-refractivity contribution in [3.8, 4) is 17.5 Å². The van der Waals surface area contributed by atoms with Crippen molar-refractivity contribution in [1.29, 1.82) is 0 Å². The summed E-state index contributed by atoms with van der Waals surface area (Å²) in [5, 5.41) is 2.74. The van der Waals surface area contributed by atoms with Crippen molar-refractivity contribution >= 4 is 27.3 Å². The van der Waals surface area contributed by atoms with Crippen LogP contribution in [0.1, 0.15) is 10.4 Å². The Balaban J connectivity index is 1.43. The Morgan fingerprint density at radius 1 is 0.824 bits per heavy atom. The molecular formula is C24H20N4O5S. The van der Waals surface area contributed by atoms with E-state index in [0.717, 1.165) is 0 Å². The highest BCUT2D eigenvalue weighted by molar-refractivity contribution is 7.92. The number of sulfonamides is 1. The summed E-state index contributed by atoms with van der Waals surface area (Å²) in [6.45, 7) is 0. The van der Waals surface area contributed by atoms with Gasteiger partial charge in [0.05, 0.1) is 12.0 Å². The number of benzene rings is 3. The van der Waals surface area contributed by atoms with Crippen LogP contribution in [0.3, 0.4) is 0 Å². The number of hydrogen-bond acceptors (Lipinski definition) is 7. The lowest BCUT2D eigenvalue weighted by molar-refractivity contribution is 0.102. The van der Waals surface area contributed by atoms with Gasteiger partial charge in [-0.15, -0.1) is 0 Å². The highest BCUT2D eigenvalue weighted by Crippen LogP contribution is 2.22. The third-order valence-corrected chi connectivity index (χ3v) is 5.99. The minimum absolute atomic E-state index is 0.0393. The molecule has 0 bridgehead atoms. The number of amides is 1. The normalized spacial score (nSPS) is 10.9. The lowest BCUT2D eigenvalue weighted by Crippen LogP contribution is -2.16. The SMILES string of the molecule is COc1ccc(NS(=O)(=O)c2cccc(C(=O)Nc3ccc(Oc4ncccn4)cc3)c2)cc1. The van der Waals surface area contributed by atoms with E-state index in [-0.39, 0.29) is 16.5 Å². The van der Waals surface area contributed by atoms with Crippen molar-refractivity contribution in [1.82, 2.24) is 9.97 Å². The fraction of sp³-hybridized carbons (Fsp3) is 0.0417. The van der Waals surface area contributed by atoms with Gasteiger partial charge in [-0.05, 0) is 72.8 Å². The Hall–Kier alpha value is -4.44. The first kappa shape index (κ1) is 22.7. The maximum Gasteiger partial charge on any atom is 0.321 e. The molecule has 0 radical (unpaired) electrons. The average molecular weight is 477 g/mol. The molecule has 3 aromatic carbocycles. The molecule has 1 aromatic heterocycles. The van der Waals surface area contributed by atoms with Gasteiger partial charge in [0.1, 0.15) is 11.5 Å². The van der Waals surface area contributed by atoms with Gasteiger partial charge in [0.15, 0.2) is 0 Å². The zero-order valence-corrected chi connectivity index (χ0v) is 18.8. The lowest BCUT2D eigenvalue weighted by Gasteiger charge is -2.11. The number of nitrogens with zero attached hydrogens (tertiary/aromatic N) is 2. The Kier molecular flexibility index (Phi) is 6.69. The van der Waals surface area contributed by atoms with Gasteiger partial charge in [-0.25, -0.2) is 18.4 Å². The van der Waals surface area contributed by atoms with E-state index in [1.54, 1.807) is 67.0 Å².